The van der Waals surface area contributed by atoms with Crippen LogP contribution in [0.1, 0.15) is 26.5 Å². The van der Waals surface area contributed by atoms with Gasteiger partial charge in [-0.15, -0.1) is 0 Å². The molecule has 0 aliphatic rings. The summed E-state index contributed by atoms with van der Waals surface area (Å²) in [5, 5.41) is 3.35. The van der Waals surface area contributed by atoms with Crippen molar-refractivity contribution in [2.24, 2.45) is 0 Å². The topological polar surface area (TPSA) is 47.3 Å². The molecule has 0 saturated carbocycles. The number of oxazole rings is 1. The van der Waals surface area contributed by atoms with Crippen molar-refractivity contribution in [3.05, 3.63) is 36.1 Å². The molecule has 0 saturated heterocycles. The Labute approximate surface area is 118 Å². The number of halogens is 1. The van der Waals surface area contributed by atoms with E-state index in [1.165, 1.54) is 19.6 Å². The Kier molecular flexibility index (Phi) is 4.09. The van der Waals surface area contributed by atoms with Crippen LogP contribution in [0.5, 0.6) is 5.75 Å². The highest BCUT2D eigenvalue weighted by molar-refractivity contribution is 5.61. The number of rotatable bonds is 4. The van der Waals surface area contributed by atoms with E-state index < -0.39 is 5.82 Å². The normalized spacial score (nSPS) is 11.7. The average Bonchev–Trinajstić information content (AvgIpc) is 2.84. The van der Waals surface area contributed by atoms with E-state index in [2.05, 4.69) is 31.1 Å². The Hall–Kier alpha value is -1.88. The molecule has 0 aliphatic heterocycles. The van der Waals surface area contributed by atoms with Crippen LogP contribution in [0.15, 0.2) is 29.0 Å². The van der Waals surface area contributed by atoms with Gasteiger partial charge >= 0.3 is 0 Å². The Morgan fingerprint density at radius 1 is 1.35 bits per heavy atom. The molecule has 1 aromatic carbocycles. The summed E-state index contributed by atoms with van der Waals surface area (Å²) >= 11 is 0. The van der Waals surface area contributed by atoms with Gasteiger partial charge in [0.2, 0.25) is 0 Å². The molecule has 5 heteroatoms. The van der Waals surface area contributed by atoms with Crippen molar-refractivity contribution in [2.75, 3.05) is 7.11 Å². The number of benzene rings is 1. The molecule has 0 radical (unpaired) electrons. The molecule has 1 N–H and O–H groups in total. The zero-order valence-corrected chi connectivity index (χ0v) is 12.2. The molecule has 4 nitrogen and oxygen atoms in total. The lowest BCUT2D eigenvalue weighted by molar-refractivity contribution is 0.386. The van der Waals surface area contributed by atoms with Crippen LogP contribution in [0.4, 0.5) is 4.39 Å². The number of aromatic nitrogens is 1. The molecule has 1 heterocycles. The first-order valence-corrected chi connectivity index (χ1v) is 6.42. The van der Waals surface area contributed by atoms with Gasteiger partial charge < -0.3 is 14.5 Å². The van der Waals surface area contributed by atoms with Crippen LogP contribution in [-0.4, -0.2) is 17.6 Å². The largest absolute Gasteiger partial charge is 0.494 e. The number of nitrogens with zero attached hydrogens (tertiary/aromatic N) is 1. The van der Waals surface area contributed by atoms with Crippen LogP contribution in [-0.2, 0) is 6.54 Å². The third-order valence-corrected chi connectivity index (χ3v) is 2.84. The number of ether oxygens (including phenoxy) is 1. The van der Waals surface area contributed by atoms with Crippen LogP contribution < -0.4 is 10.1 Å². The molecule has 1 aromatic heterocycles. The van der Waals surface area contributed by atoms with Crippen molar-refractivity contribution in [3.63, 3.8) is 0 Å². The highest BCUT2D eigenvalue weighted by Crippen LogP contribution is 2.28. The molecule has 0 spiro atoms. The van der Waals surface area contributed by atoms with Gasteiger partial charge in [0.15, 0.2) is 23.7 Å². The molecule has 108 valence electrons. The lowest BCUT2D eigenvalue weighted by Crippen LogP contribution is -2.35. The maximum Gasteiger partial charge on any atom is 0.181 e. The zero-order valence-electron chi connectivity index (χ0n) is 12.2. The summed E-state index contributed by atoms with van der Waals surface area (Å²) < 4.78 is 23.8. The van der Waals surface area contributed by atoms with Gasteiger partial charge in [0.1, 0.15) is 5.69 Å². The fraction of sp³-hybridized carbons (Fsp3) is 0.400. The smallest absolute Gasteiger partial charge is 0.181 e. The summed E-state index contributed by atoms with van der Waals surface area (Å²) in [5.74, 6) is 0.416. The van der Waals surface area contributed by atoms with Crippen LogP contribution in [0.2, 0.25) is 0 Å². The first-order chi connectivity index (χ1) is 9.40. The number of hydrogen-bond acceptors (Lipinski definition) is 4. The summed E-state index contributed by atoms with van der Waals surface area (Å²) in [6, 6.07) is 4.62. The lowest BCUT2D eigenvalue weighted by atomic mass is 10.1. The molecule has 0 atom stereocenters. The minimum atomic E-state index is -0.398. The van der Waals surface area contributed by atoms with Crippen LogP contribution in [0.25, 0.3) is 11.3 Å². The van der Waals surface area contributed by atoms with Crippen molar-refractivity contribution in [2.45, 2.75) is 32.9 Å². The highest BCUT2D eigenvalue weighted by atomic mass is 19.1. The summed E-state index contributed by atoms with van der Waals surface area (Å²) in [7, 11) is 1.44. The van der Waals surface area contributed by atoms with Gasteiger partial charge in [0.25, 0.3) is 0 Å². The van der Waals surface area contributed by atoms with E-state index in [1.54, 1.807) is 12.1 Å². The van der Waals surface area contributed by atoms with Gasteiger partial charge in [-0.2, -0.15) is 0 Å². The molecule has 0 amide bonds. The van der Waals surface area contributed by atoms with Gasteiger partial charge in [-0.25, -0.2) is 9.37 Å². The maximum absolute atomic E-state index is 13.4. The van der Waals surface area contributed by atoms with Gasteiger partial charge in [-0.3, -0.25) is 0 Å². The van der Waals surface area contributed by atoms with Gasteiger partial charge in [0.05, 0.1) is 7.11 Å². The van der Waals surface area contributed by atoms with E-state index in [-0.39, 0.29) is 11.3 Å². The molecule has 2 aromatic rings. The lowest BCUT2D eigenvalue weighted by Gasteiger charge is -2.19. The number of methoxy groups -OCH3 is 1. The minimum absolute atomic E-state index is 0.0172. The van der Waals surface area contributed by atoms with E-state index in [9.17, 15) is 4.39 Å². The summed E-state index contributed by atoms with van der Waals surface area (Å²) in [4.78, 5) is 4.21. The molecule has 2 rings (SSSR count). The first kappa shape index (κ1) is 14.5. The van der Waals surface area contributed by atoms with Crippen molar-refractivity contribution in [3.8, 4) is 17.1 Å². The molecule has 0 aliphatic carbocycles. The highest BCUT2D eigenvalue weighted by Gasteiger charge is 2.16. The van der Waals surface area contributed by atoms with Gasteiger partial charge in [-0.05, 0) is 39.0 Å². The Morgan fingerprint density at radius 3 is 2.75 bits per heavy atom. The van der Waals surface area contributed by atoms with E-state index in [4.69, 9.17) is 9.15 Å². The summed E-state index contributed by atoms with van der Waals surface area (Å²) in [6.45, 7) is 6.81. The van der Waals surface area contributed by atoms with Gasteiger partial charge in [-0.1, -0.05) is 0 Å². The number of nitrogens with one attached hydrogen (secondary N) is 1. The Balaban J connectivity index is 2.27. The predicted octanol–water partition coefficient (Wildman–Crippen LogP) is 3.38. The zero-order chi connectivity index (χ0) is 14.8. The predicted molar refractivity (Wildman–Crippen MR) is 75.0 cm³/mol. The molecule has 0 fully saturated rings. The van der Waals surface area contributed by atoms with E-state index in [0.717, 1.165) is 11.3 Å². The van der Waals surface area contributed by atoms with Crippen molar-refractivity contribution >= 4 is 0 Å². The molecular formula is C15H19FN2O2. The van der Waals surface area contributed by atoms with Crippen LogP contribution in [0.3, 0.4) is 0 Å². The quantitative estimate of drug-likeness (QED) is 0.931. The second kappa shape index (κ2) is 5.63. The van der Waals surface area contributed by atoms with Crippen LogP contribution >= 0.6 is 0 Å². The van der Waals surface area contributed by atoms with Crippen molar-refractivity contribution in [1.29, 1.82) is 0 Å². The molecule has 0 unspecified atom stereocenters. The first-order valence-electron chi connectivity index (χ1n) is 6.42. The van der Waals surface area contributed by atoms with Crippen LogP contribution in [0, 0.1) is 5.82 Å². The SMILES string of the molecule is COc1cc(-c2ocnc2CNC(C)(C)C)ccc1F. The van der Waals surface area contributed by atoms with Gasteiger partial charge in [0, 0.05) is 17.6 Å². The maximum atomic E-state index is 13.4. The third kappa shape index (κ3) is 3.36. The van der Waals surface area contributed by atoms with E-state index in [1.807, 2.05) is 0 Å². The molecule has 20 heavy (non-hydrogen) atoms. The van der Waals surface area contributed by atoms with E-state index >= 15 is 0 Å². The van der Waals surface area contributed by atoms with Crippen molar-refractivity contribution in [1.82, 2.24) is 10.3 Å². The summed E-state index contributed by atoms with van der Waals surface area (Å²) in [5.41, 5.74) is 1.51. The van der Waals surface area contributed by atoms with Crippen molar-refractivity contribution < 1.29 is 13.5 Å². The minimum Gasteiger partial charge on any atom is -0.494 e. The second-order valence-corrected chi connectivity index (χ2v) is 5.58. The Bertz CT molecular complexity index is 588. The Morgan fingerprint density at radius 2 is 2.10 bits per heavy atom. The average molecular weight is 278 g/mol. The fourth-order valence-corrected chi connectivity index (χ4v) is 1.78. The summed E-state index contributed by atoms with van der Waals surface area (Å²) in [6.07, 6.45) is 1.39. The fourth-order valence-electron chi connectivity index (χ4n) is 1.78. The molecule has 0 bridgehead atoms. The molecular weight excluding hydrogens is 259 g/mol. The van der Waals surface area contributed by atoms with E-state index in [0.29, 0.717) is 12.3 Å². The monoisotopic (exact) mass is 278 g/mol. The number of hydrogen-bond donors (Lipinski definition) is 1. The second-order valence-electron chi connectivity index (χ2n) is 5.58. The third-order valence-electron chi connectivity index (χ3n) is 2.84. The standard InChI is InChI=1S/C15H19FN2O2/c1-15(2,3)18-8-12-14(20-9-17-12)10-5-6-11(16)13(7-10)19-4/h5-7,9,18H,8H2,1-4H3.